The molecule has 1 aliphatic heterocycles. The van der Waals surface area contributed by atoms with Gasteiger partial charge in [-0.2, -0.15) is 0 Å². The first-order chi connectivity index (χ1) is 9.56. The molecule has 1 saturated heterocycles. The maximum absolute atomic E-state index is 8.93. The van der Waals surface area contributed by atoms with E-state index in [2.05, 4.69) is 34.6 Å². The zero-order chi connectivity index (χ0) is 15.0. The van der Waals surface area contributed by atoms with Gasteiger partial charge in [-0.15, -0.1) is 6.42 Å². The summed E-state index contributed by atoms with van der Waals surface area (Å²) in [4.78, 5) is 9.07. The molecular weight excluding hydrogens is 250 g/mol. The maximum atomic E-state index is 8.93. The second-order valence-electron chi connectivity index (χ2n) is 5.57. The van der Waals surface area contributed by atoms with Crippen molar-refractivity contribution in [2.75, 3.05) is 45.9 Å². The Labute approximate surface area is 123 Å². The molecule has 1 rings (SSSR count). The lowest BCUT2D eigenvalue weighted by molar-refractivity contribution is 0.119. The Morgan fingerprint density at radius 1 is 1.30 bits per heavy atom. The van der Waals surface area contributed by atoms with Gasteiger partial charge in [0, 0.05) is 56.8 Å². The Balaban J connectivity index is 2.48. The number of aliphatic imine (C=N–C) groups is 1. The minimum atomic E-state index is 0.235. The summed E-state index contributed by atoms with van der Waals surface area (Å²) in [7, 11) is 0. The molecule has 0 aliphatic carbocycles. The van der Waals surface area contributed by atoms with Crippen molar-refractivity contribution in [1.82, 2.24) is 9.80 Å². The van der Waals surface area contributed by atoms with Crippen LogP contribution in [-0.2, 0) is 0 Å². The van der Waals surface area contributed by atoms with Crippen molar-refractivity contribution in [3.8, 4) is 12.3 Å². The van der Waals surface area contributed by atoms with Crippen molar-refractivity contribution in [2.24, 2.45) is 10.9 Å². The van der Waals surface area contributed by atoms with Crippen LogP contribution in [0.25, 0.3) is 0 Å². The van der Waals surface area contributed by atoms with Crippen molar-refractivity contribution < 1.29 is 5.11 Å². The minimum absolute atomic E-state index is 0.235. The Bertz CT molecular complexity index is 385. The van der Waals surface area contributed by atoms with E-state index in [0.717, 1.165) is 50.6 Å². The smallest absolute Gasteiger partial charge is 0.0558 e. The molecule has 0 unspecified atom stereocenters. The molecule has 0 aromatic heterocycles. The number of hydrogen-bond acceptors (Lipinski definition) is 4. The number of aliphatic hydroxyl groups is 1. The molecular formula is C16H27N3O. The third kappa shape index (κ3) is 5.87. The van der Waals surface area contributed by atoms with Gasteiger partial charge in [-0.1, -0.05) is 19.8 Å². The summed E-state index contributed by atoms with van der Waals surface area (Å²) in [5.74, 6) is 3.19. The Hall–Kier alpha value is -1.15. The van der Waals surface area contributed by atoms with E-state index in [1.54, 1.807) is 0 Å². The molecule has 20 heavy (non-hydrogen) atoms. The molecule has 1 aliphatic rings. The quantitative estimate of drug-likeness (QED) is 0.586. The SMILES string of the molecule is C#C/C(=C\N=C(C)C(C)C)CN1CCN(CCO)CC1. The van der Waals surface area contributed by atoms with Crippen LogP contribution in [0, 0.1) is 18.3 Å². The van der Waals surface area contributed by atoms with Crippen molar-refractivity contribution in [3.63, 3.8) is 0 Å². The standard InChI is InChI=1S/C16H27N3O/c1-5-16(12-17-15(4)14(2)3)13-19-8-6-18(7-9-19)10-11-20/h1,12,14,20H,6-11,13H2,2-4H3/b16-12+,17-15?. The van der Waals surface area contributed by atoms with Gasteiger partial charge in [0.15, 0.2) is 0 Å². The Morgan fingerprint density at radius 3 is 2.40 bits per heavy atom. The highest BCUT2D eigenvalue weighted by Gasteiger charge is 2.16. The van der Waals surface area contributed by atoms with Gasteiger partial charge in [-0.25, -0.2) is 0 Å². The summed E-state index contributed by atoms with van der Waals surface area (Å²) in [5, 5.41) is 8.93. The number of terminal acetylenes is 1. The number of piperazine rings is 1. The van der Waals surface area contributed by atoms with E-state index in [9.17, 15) is 0 Å². The Morgan fingerprint density at radius 2 is 1.90 bits per heavy atom. The van der Waals surface area contributed by atoms with Crippen LogP contribution in [0.4, 0.5) is 0 Å². The van der Waals surface area contributed by atoms with E-state index in [1.807, 2.05) is 13.1 Å². The average molecular weight is 277 g/mol. The largest absolute Gasteiger partial charge is 0.395 e. The molecule has 0 saturated carbocycles. The number of nitrogens with zero attached hydrogens (tertiary/aromatic N) is 3. The summed E-state index contributed by atoms with van der Waals surface area (Å²) < 4.78 is 0. The van der Waals surface area contributed by atoms with Gasteiger partial charge in [0.1, 0.15) is 0 Å². The van der Waals surface area contributed by atoms with E-state index in [4.69, 9.17) is 11.5 Å². The molecule has 0 aromatic rings. The zero-order valence-corrected chi connectivity index (χ0v) is 13.0. The molecule has 0 spiro atoms. The van der Waals surface area contributed by atoms with Gasteiger partial charge in [0.05, 0.1) is 6.61 Å². The lowest BCUT2D eigenvalue weighted by Crippen LogP contribution is -2.47. The third-order valence-corrected chi connectivity index (χ3v) is 3.72. The van der Waals surface area contributed by atoms with Crippen LogP contribution in [0.5, 0.6) is 0 Å². The van der Waals surface area contributed by atoms with E-state index < -0.39 is 0 Å². The molecule has 0 atom stereocenters. The van der Waals surface area contributed by atoms with Crippen LogP contribution in [0.15, 0.2) is 16.8 Å². The molecule has 0 aromatic carbocycles. The summed E-state index contributed by atoms with van der Waals surface area (Å²) >= 11 is 0. The molecule has 1 heterocycles. The van der Waals surface area contributed by atoms with Gasteiger partial charge in [-0.3, -0.25) is 14.8 Å². The Kier molecular flexibility index (Phi) is 7.53. The molecule has 4 nitrogen and oxygen atoms in total. The predicted molar refractivity (Wildman–Crippen MR) is 84.8 cm³/mol. The number of rotatable bonds is 6. The minimum Gasteiger partial charge on any atom is -0.395 e. The van der Waals surface area contributed by atoms with Crippen molar-refractivity contribution in [2.45, 2.75) is 20.8 Å². The second-order valence-corrected chi connectivity index (χ2v) is 5.57. The molecule has 1 N–H and O–H groups in total. The predicted octanol–water partition coefficient (Wildman–Crippen LogP) is 1.23. The molecule has 4 heteroatoms. The number of aliphatic hydroxyl groups excluding tert-OH is 1. The molecule has 0 amide bonds. The van der Waals surface area contributed by atoms with Gasteiger partial charge >= 0.3 is 0 Å². The van der Waals surface area contributed by atoms with Crippen LogP contribution in [0.3, 0.4) is 0 Å². The van der Waals surface area contributed by atoms with Crippen LogP contribution < -0.4 is 0 Å². The van der Waals surface area contributed by atoms with Crippen molar-refractivity contribution in [3.05, 3.63) is 11.8 Å². The van der Waals surface area contributed by atoms with Gasteiger partial charge in [0.2, 0.25) is 0 Å². The van der Waals surface area contributed by atoms with Gasteiger partial charge in [-0.05, 0) is 12.8 Å². The fourth-order valence-corrected chi connectivity index (χ4v) is 2.01. The summed E-state index contributed by atoms with van der Waals surface area (Å²) in [6, 6.07) is 0. The van der Waals surface area contributed by atoms with E-state index in [-0.39, 0.29) is 6.61 Å². The highest BCUT2D eigenvalue weighted by Crippen LogP contribution is 2.06. The van der Waals surface area contributed by atoms with Gasteiger partial charge in [0.25, 0.3) is 0 Å². The summed E-state index contributed by atoms with van der Waals surface area (Å²) in [6.45, 7) is 12.0. The third-order valence-electron chi connectivity index (χ3n) is 3.72. The summed E-state index contributed by atoms with van der Waals surface area (Å²) in [5.41, 5.74) is 2.03. The average Bonchev–Trinajstić information content (AvgIpc) is 2.45. The second kappa shape index (κ2) is 8.91. The molecule has 1 fully saturated rings. The fraction of sp³-hybridized carbons (Fsp3) is 0.688. The fourth-order valence-electron chi connectivity index (χ4n) is 2.01. The highest BCUT2D eigenvalue weighted by atomic mass is 16.3. The van der Waals surface area contributed by atoms with E-state index >= 15 is 0 Å². The number of β-amino-alcohol motifs (C(OH)–C–C–N with tert-alkyl or cyclic N) is 1. The molecule has 112 valence electrons. The lowest BCUT2D eigenvalue weighted by Gasteiger charge is -2.34. The van der Waals surface area contributed by atoms with E-state index in [1.165, 1.54) is 0 Å². The first-order valence-corrected chi connectivity index (χ1v) is 7.32. The number of hydrogen-bond donors (Lipinski definition) is 1. The lowest BCUT2D eigenvalue weighted by atomic mass is 10.1. The maximum Gasteiger partial charge on any atom is 0.0558 e. The summed E-state index contributed by atoms with van der Waals surface area (Å²) in [6.07, 6.45) is 7.40. The van der Waals surface area contributed by atoms with Crippen LogP contribution in [-0.4, -0.2) is 66.5 Å². The first kappa shape index (κ1) is 16.9. The molecule has 0 radical (unpaired) electrons. The van der Waals surface area contributed by atoms with Crippen LogP contribution in [0.2, 0.25) is 0 Å². The zero-order valence-electron chi connectivity index (χ0n) is 13.0. The van der Waals surface area contributed by atoms with Crippen molar-refractivity contribution in [1.29, 1.82) is 0 Å². The molecule has 0 bridgehead atoms. The topological polar surface area (TPSA) is 39.1 Å². The monoisotopic (exact) mass is 277 g/mol. The van der Waals surface area contributed by atoms with Crippen molar-refractivity contribution >= 4 is 5.71 Å². The van der Waals surface area contributed by atoms with Gasteiger partial charge < -0.3 is 5.11 Å². The van der Waals surface area contributed by atoms with Crippen LogP contribution in [0.1, 0.15) is 20.8 Å². The highest BCUT2D eigenvalue weighted by molar-refractivity contribution is 5.84. The first-order valence-electron chi connectivity index (χ1n) is 7.32. The van der Waals surface area contributed by atoms with Crippen LogP contribution >= 0.6 is 0 Å². The van der Waals surface area contributed by atoms with E-state index in [0.29, 0.717) is 5.92 Å². The normalized spacial score (nSPS) is 19.4.